The molecule has 22 heavy (non-hydrogen) atoms. The second-order valence-electron chi connectivity index (χ2n) is 5.23. The molecule has 118 valence electrons. The molecule has 1 unspecified atom stereocenters. The van der Waals surface area contributed by atoms with Crippen molar-refractivity contribution >= 4 is 17.2 Å². The highest BCUT2D eigenvalue weighted by Gasteiger charge is 2.15. The van der Waals surface area contributed by atoms with Crippen LogP contribution in [-0.4, -0.2) is 31.5 Å². The summed E-state index contributed by atoms with van der Waals surface area (Å²) >= 11 is 1.71. The Morgan fingerprint density at radius 2 is 2.05 bits per heavy atom. The maximum atomic E-state index is 12.0. The van der Waals surface area contributed by atoms with Gasteiger partial charge in [0, 0.05) is 17.5 Å². The van der Waals surface area contributed by atoms with E-state index in [0.717, 1.165) is 11.3 Å². The lowest BCUT2D eigenvalue weighted by Crippen LogP contribution is -2.35. The van der Waals surface area contributed by atoms with Gasteiger partial charge in [0.2, 0.25) is 5.91 Å². The lowest BCUT2D eigenvalue weighted by molar-refractivity contribution is -0.122. The number of rotatable bonds is 7. The summed E-state index contributed by atoms with van der Waals surface area (Å²) < 4.78 is 5.12. The van der Waals surface area contributed by atoms with E-state index < -0.39 is 0 Å². The fraction of sp³-hybridized carbons (Fsp3) is 0.353. The van der Waals surface area contributed by atoms with Crippen LogP contribution in [0.15, 0.2) is 41.8 Å². The Labute approximate surface area is 135 Å². The zero-order valence-electron chi connectivity index (χ0n) is 13.2. The van der Waals surface area contributed by atoms with E-state index >= 15 is 0 Å². The van der Waals surface area contributed by atoms with Crippen molar-refractivity contribution in [2.45, 2.75) is 19.5 Å². The fourth-order valence-corrected chi connectivity index (χ4v) is 2.96. The highest BCUT2D eigenvalue weighted by Crippen LogP contribution is 2.22. The zero-order valence-corrected chi connectivity index (χ0v) is 14.0. The molecule has 2 rings (SSSR count). The quantitative estimate of drug-likeness (QED) is 0.853. The van der Waals surface area contributed by atoms with Crippen LogP contribution < -0.4 is 10.1 Å². The first-order valence-corrected chi connectivity index (χ1v) is 8.11. The third-order valence-corrected chi connectivity index (χ3v) is 4.70. The summed E-state index contributed by atoms with van der Waals surface area (Å²) in [6.07, 6.45) is 0. The van der Waals surface area contributed by atoms with Crippen molar-refractivity contribution in [1.29, 1.82) is 0 Å². The Kier molecular flexibility index (Phi) is 5.98. The third-order valence-electron chi connectivity index (χ3n) is 3.66. The minimum absolute atomic E-state index is 0.0294. The molecule has 1 aromatic heterocycles. The number of amides is 1. The molecule has 0 aliphatic carbocycles. The SMILES string of the molecule is COc1ccc(CNC(=O)CN(C)C(C)c2cccs2)cc1. The number of thiophene rings is 1. The summed E-state index contributed by atoms with van der Waals surface area (Å²) in [7, 11) is 3.61. The third kappa shape index (κ3) is 4.58. The van der Waals surface area contributed by atoms with Gasteiger partial charge in [-0.15, -0.1) is 11.3 Å². The number of likely N-dealkylation sites (N-methyl/N-ethyl adjacent to an activating group) is 1. The van der Waals surface area contributed by atoms with E-state index in [9.17, 15) is 4.79 Å². The highest BCUT2D eigenvalue weighted by atomic mass is 32.1. The molecule has 1 aromatic carbocycles. The van der Waals surface area contributed by atoms with Gasteiger partial charge >= 0.3 is 0 Å². The number of benzene rings is 1. The molecule has 4 nitrogen and oxygen atoms in total. The number of carbonyl (C=O) groups is 1. The first-order chi connectivity index (χ1) is 10.6. The van der Waals surface area contributed by atoms with Gasteiger partial charge < -0.3 is 10.1 Å². The molecular formula is C17H22N2O2S. The van der Waals surface area contributed by atoms with Crippen molar-refractivity contribution < 1.29 is 9.53 Å². The molecule has 1 amide bonds. The number of hydrogen-bond donors (Lipinski definition) is 1. The van der Waals surface area contributed by atoms with Crippen molar-refractivity contribution in [1.82, 2.24) is 10.2 Å². The van der Waals surface area contributed by atoms with Gasteiger partial charge in [-0.05, 0) is 43.1 Å². The van der Waals surface area contributed by atoms with Crippen LogP contribution in [0.25, 0.3) is 0 Å². The van der Waals surface area contributed by atoms with E-state index in [4.69, 9.17) is 4.74 Å². The number of methoxy groups -OCH3 is 1. The zero-order chi connectivity index (χ0) is 15.9. The van der Waals surface area contributed by atoms with E-state index in [1.807, 2.05) is 37.4 Å². The second-order valence-corrected chi connectivity index (χ2v) is 6.21. The standard InChI is InChI=1S/C17H22N2O2S/c1-13(16-5-4-10-22-16)19(2)12-17(20)18-11-14-6-8-15(21-3)9-7-14/h4-10,13H,11-12H2,1-3H3,(H,18,20). The van der Waals surface area contributed by atoms with Crippen LogP contribution in [0.1, 0.15) is 23.4 Å². The van der Waals surface area contributed by atoms with Gasteiger partial charge in [-0.3, -0.25) is 9.69 Å². The number of ether oxygens (including phenoxy) is 1. The molecule has 0 saturated carbocycles. The molecule has 0 spiro atoms. The molecule has 1 N–H and O–H groups in total. The summed E-state index contributed by atoms with van der Waals surface area (Å²) in [4.78, 5) is 15.4. The van der Waals surface area contributed by atoms with Crippen LogP contribution in [0.2, 0.25) is 0 Å². The molecule has 0 radical (unpaired) electrons. The minimum atomic E-state index is 0.0294. The van der Waals surface area contributed by atoms with Crippen molar-refractivity contribution in [3.63, 3.8) is 0 Å². The minimum Gasteiger partial charge on any atom is -0.497 e. The van der Waals surface area contributed by atoms with Gasteiger partial charge in [0.1, 0.15) is 5.75 Å². The van der Waals surface area contributed by atoms with E-state index in [1.165, 1.54) is 4.88 Å². The highest BCUT2D eigenvalue weighted by molar-refractivity contribution is 7.10. The molecule has 1 atom stereocenters. The first kappa shape index (κ1) is 16.5. The molecule has 0 saturated heterocycles. The van der Waals surface area contributed by atoms with Gasteiger partial charge in [0.05, 0.1) is 13.7 Å². The lowest BCUT2D eigenvalue weighted by atomic mass is 10.2. The Morgan fingerprint density at radius 1 is 1.32 bits per heavy atom. The van der Waals surface area contributed by atoms with Gasteiger partial charge in [-0.25, -0.2) is 0 Å². The summed E-state index contributed by atoms with van der Waals surface area (Å²) in [6.45, 7) is 3.03. The summed E-state index contributed by atoms with van der Waals surface area (Å²) in [5.41, 5.74) is 1.06. The number of carbonyl (C=O) groups excluding carboxylic acids is 1. The topological polar surface area (TPSA) is 41.6 Å². The van der Waals surface area contributed by atoms with Gasteiger partial charge in [0.15, 0.2) is 0 Å². The fourth-order valence-electron chi connectivity index (χ4n) is 2.11. The van der Waals surface area contributed by atoms with Crippen molar-refractivity contribution in [3.05, 3.63) is 52.2 Å². The van der Waals surface area contributed by atoms with Crippen LogP contribution in [0.4, 0.5) is 0 Å². The molecule has 0 fully saturated rings. The molecule has 0 aliphatic heterocycles. The van der Waals surface area contributed by atoms with E-state index in [-0.39, 0.29) is 11.9 Å². The van der Waals surface area contributed by atoms with Crippen molar-refractivity contribution in [2.75, 3.05) is 20.7 Å². The van der Waals surface area contributed by atoms with Crippen LogP contribution in [0.3, 0.4) is 0 Å². The lowest BCUT2D eigenvalue weighted by Gasteiger charge is -2.23. The van der Waals surface area contributed by atoms with Crippen LogP contribution in [0.5, 0.6) is 5.75 Å². The maximum absolute atomic E-state index is 12.0. The first-order valence-electron chi connectivity index (χ1n) is 7.23. The number of hydrogen-bond acceptors (Lipinski definition) is 4. The van der Waals surface area contributed by atoms with E-state index in [1.54, 1.807) is 18.4 Å². The number of nitrogens with one attached hydrogen (secondary N) is 1. The average molecular weight is 318 g/mol. The smallest absolute Gasteiger partial charge is 0.234 e. The van der Waals surface area contributed by atoms with E-state index in [2.05, 4.69) is 28.6 Å². The normalized spacial score (nSPS) is 12.2. The molecule has 0 aliphatic rings. The summed E-state index contributed by atoms with van der Waals surface area (Å²) in [6, 6.07) is 12.1. The summed E-state index contributed by atoms with van der Waals surface area (Å²) in [5.74, 6) is 0.848. The molecule has 2 aromatic rings. The Morgan fingerprint density at radius 3 is 2.64 bits per heavy atom. The predicted octanol–water partition coefficient (Wildman–Crippen LogP) is 3.07. The van der Waals surface area contributed by atoms with Crippen LogP contribution in [0, 0.1) is 0 Å². The van der Waals surface area contributed by atoms with Crippen LogP contribution >= 0.6 is 11.3 Å². The number of nitrogens with zero attached hydrogens (tertiary/aromatic N) is 1. The Bertz CT molecular complexity index is 581. The second kappa shape index (κ2) is 7.96. The van der Waals surface area contributed by atoms with Gasteiger partial charge in [-0.1, -0.05) is 18.2 Å². The molecule has 1 heterocycles. The van der Waals surface area contributed by atoms with Gasteiger partial charge in [0.25, 0.3) is 0 Å². The maximum Gasteiger partial charge on any atom is 0.234 e. The largest absolute Gasteiger partial charge is 0.497 e. The monoisotopic (exact) mass is 318 g/mol. The summed E-state index contributed by atoms with van der Waals surface area (Å²) in [5, 5.41) is 5.01. The van der Waals surface area contributed by atoms with Crippen LogP contribution in [-0.2, 0) is 11.3 Å². The average Bonchev–Trinajstić information content (AvgIpc) is 3.07. The predicted molar refractivity (Wildman–Crippen MR) is 90.2 cm³/mol. The van der Waals surface area contributed by atoms with E-state index in [0.29, 0.717) is 13.1 Å². The molecule has 5 heteroatoms. The Balaban J connectivity index is 1.79. The molecule has 0 bridgehead atoms. The molecular weight excluding hydrogens is 296 g/mol. The van der Waals surface area contributed by atoms with Crippen molar-refractivity contribution in [2.24, 2.45) is 0 Å². The Hall–Kier alpha value is -1.85. The van der Waals surface area contributed by atoms with Crippen molar-refractivity contribution in [3.8, 4) is 5.75 Å². The van der Waals surface area contributed by atoms with Gasteiger partial charge in [-0.2, -0.15) is 0 Å².